The van der Waals surface area contributed by atoms with Crippen molar-refractivity contribution in [2.24, 2.45) is 0 Å². The van der Waals surface area contributed by atoms with Crippen molar-refractivity contribution in [3.63, 3.8) is 0 Å². The molecule has 3 unspecified atom stereocenters. The van der Waals surface area contributed by atoms with Crippen molar-refractivity contribution >= 4 is 45.7 Å². The monoisotopic (exact) mass is 438 g/mol. The first-order chi connectivity index (χ1) is 13.7. The molecule has 0 aromatic heterocycles. The second-order valence-corrected chi connectivity index (χ2v) is 20.4. The van der Waals surface area contributed by atoms with E-state index < -0.39 is 11.5 Å². The van der Waals surface area contributed by atoms with E-state index in [2.05, 4.69) is 103 Å². The van der Waals surface area contributed by atoms with E-state index in [1.165, 1.54) is 15.9 Å². The molecule has 0 saturated heterocycles. The van der Waals surface area contributed by atoms with Gasteiger partial charge in [-0.1, -0.05) is 127 Å². The fraction of sp³-hybridized carbons (Fsp3) is 0.167. The van der Waals surface area contributed by atoms with E-state index in [1.807, 2.05) is 0 Å². The van der Waals surface area contributed by atoms with Crippen LogP contribution in [-0.4, -0.2) is 5.66 Å². The number of benzene rings is 2. The number of rotatable bonds is 5. The summed E-state index contributed by atoms with van der Waals surface area (Å²) in [5.41, 5.74) is -4.07. The van der Waals surface area contributed by atoms with Crippen LogP contribution >= 0.6 is 11.5 Å². The molecule has 2 aliphatic carbocycles. The minimum Gasteiger partial charge on any atom is -0.0857 e. The second-order valence-electron chi connectivity index (χ2n) is 7.09. The molecular formula is C24H24P2S2. The van der Waals surface area contributed by atoms with Crippen LogP contribution in [0.15, 0.2) is 109 Å². The molecule has 0 N–H and O–H groups in total. The first-order valence-electron chi connectivity index (χ1n) is 9.69. The van der Waals surface area contributed by atoms with Crippen LogP contribution in [0.3, 0.4) is 0 Å². The molecular weight excluding hydrogens is 414 g/mol. The molecule has 2 aromatic carbocycles. The maximum absolute atomic E-state index is 6.78. The highest BCUT2D eigenvalue weighted by molar-refractivity contribution is 8.71. The van der Waals surface area contributed by atoms with Crippen LogP contribution in [0.2, 0.25) is 0 Å². The molecule has 0 bridgehead atoms. The lowest BCUT2D eigenvalue weighted by Gasteiger charge is -2.42. The Bertz CT molecular complexity index is 1050. The SMILES string of the molecule is S=P(C1=CCCC=C1)(c1ccccc1)P(=S)(c1ccccc1)C1C=CC=CC1. The maximum atomic E-state index is 6.78. The molecule has 0 heterocycles. The third-order valence-electron chi connectivity index (χ3n) is 5.38. The van der Waals surface area contributed by atoms with Gasteiger partial charge in [-0.05, 0) is 35.2 Å². The predicted octanol–water partition coefficient (Wildman–Crippen LogP) is 6.63. The molecule has 4 rings (SSSR count). The minimum atomic E-state index is -2.21. The first kappa shape index (κ1) is 20.0. The van der Waals surface area contributed by atoms with Crippen LogP contribution in [0.4, 0.5) is 0 Å². The van der Waals surface area contributed by atoms with E-state index in [4.69, 9.17) is 23.6 Å². The maximum Gasteiger partial charge on any atom is 0.0453 e. The van der Waals surface area contributed by atoms with E-state index >= 15 is 0 Å². The van der Waals surface area contributed by atoms with Crippen molar-refractivity contribution in [3.05, 3.63) is 109 Å². The van der Waals surface area contributed by atoms with Crippen molar-refractivity contribution in [1.29, 1.82) is 0 Å². The Morgan fingerprint density at radius 1 is 0.750 bits per heavy atom. The van der Waals surface area contributed by atoms with Crippen LogP contribution < -0.4 is 10.6 Å². The molecule has 2 aromatic rings. The molecule has 4 heteroatoms. The van der Waals surface area contributed by atoms with E-state index in [0.717, 1.165) is 19.3 Å². The number of hydrogen-bond donors (Lipinski definition) is 0. The quantitative estimate of drug-likeness (QED) is 0.481. The average molecular weight is 439 g/mol. The van der Waals surface area contributed by atoms with Gasteiger partial charge in [0.1, 0.15) is 0 Å². The highest BCUT2D eigenvalue weighted by Crippen LogP contribution is 2.86. The molecule has 142 valence electrons. The summed E-state index contributed by atoms with van der Waals surface area (Å²) in [6, 6.07) is 21.5. The lowest BCUT2D eigenvalue weighted by Crippen LogP contribution is -2.21. The first-order valence-corrected chi connectivity index (χ1v) is 16.1. The molecule has 3 atom stereocenters. The van der Waals surface area contributed by atoms with Crippen LogP contribution in [0.5, 0.6) is 0 Å². The van der Waals surface area contributed by atoms with Gasteiger partial charge in [-0.15, -0.1) is 0 Å². The van der Waals surface area contributed by atoms with Crippen LogP contribution in [0.25, 0.3) is 0 Å². The van der Waals surface area contributed by atoms with Gasteiger partial charge in [0.25, 0.3) is 0 Å². The van der Waals surface area contributed by atoms with Gasteiger partial charge in [0.15, 0.2) is 0 Å². The van der Waals surface area contributed by atoms with E-state index in [1.54, 1.807) is 0 Å². The largest absolute Gasteiger partial charge is 0.0857 e. The van der Waals surface area contributed by atoms with Crippen LogP contribution in [0, 0.1) is 0 Å². The normalized spacial score (nSPS) is 22.9. The number of hydrogen-bond acceptors (Lipinski definition) is 2. The molecule has 0 fully saturated rings. The lowest BCUT2D eigenvalue weighted by atomic mass is 10.2. The van der Waals surface area contributed by atoms with Crippen LogP contribution in [0.1, 0.15) is 19.3 Å². The van der Waals surface area contributed by atoms with Crippen LogP contribution in [-0.2, 0) is 23.6 Å². The summed E-state index contributed by atoms with van der Waals surface area (Å²) in [6.45, 7) is 0. The molecule has 0 amide bonds. The number of allylic oxidation sites excluding steroid dienone is 8. The smallest absolute Gasteiger partial charge is 0.0453 e. The summed E-state index contributed by atoms with van der Waals surface area (Å²) >= 11 is 13.5. The van der Waals surface area contributed by atoms with Gasteiger partial charge in [-0.2, -0.15) is 0 Å². The van der Waals surface area contributed by atoms with E-state index in [-0.39, 0.29) is 0 Å². The molecule has 0 aliphatic heterocycles. The molecule has 0 nitrogen and oxygen atoms in total. The van der Waals surface area contributed by atoms with Crippen molar-refractivity contribution in [2.45, 2.75) is 24.9 Å². The van der Waals surface area contributed by atoms with Crippen molar-refractivity contribution in [2.75, 3.05) is 0 Å². The van der Waals surface area contributed by atoms with Gasteiger partial charge in [0.05, 0.1) is 0 Å². The Labute approximate surface area is 178 Å². The fourth-order valence-corrected chi connectivity index (χ4v) is 20.0. The third kappa shape index (κ3) is 3.42. The fourth-order valence-electron chi connectivity index (χ4n) is 3.98. The zero-order valence-electron chi connectivity index (χ0n) is 15.7. The Hall–Kier alpha value is -1.30. The van der Waals surface area contributed by atoms with Gasteiger partial charge in [-0.3, -0.25) is 0 Å². The zero-order valence-corrected chi connectivity index (χ0v) is 19.1. The highest BCUT2D eigenvalue weighted by atomic mass is 32.8. The van der Waals surface area contributed by atoms with E-state index in [0.29, 0.717) is 5.66 Å². The third-order valence-corrected chi connectivity index (χ3v) is 24.2. The highest BCUT2D eigenvalue weighted by Gasteiger charge is 2.44. The minimum absolute atomic E-state index is 0.303. The summed E-state index contributed by atoms with van der Waals surface area (Å²) in [5, 5.41) is 3.86. The van der Waals surface area contributed by atoms with Gasteiger partial charge in [0, 0.05) is 17.1 Å². The van der Waals surface area contributed by atoms with Crippen molar-refractivity contribution < 1.29 is 0 Å². The van der Waals surface area contributed by atoms with Gasteiger partial charge in [-0.25, -0.2) is 0 Å². The lowest BCUT2D eigenvalue weighted by molar-refractivity contribution is 1.03. The summed E-state index contributed by atoms with van der Waals surface area (Å²) < 4.78 is 0. The second kappa shape index (κ2) is 8.60. The molecule has 0 spiro atoms. The summed E-state index contributed by atoms with van der Waals surface area (Å²) in [6.07, 6.45) is 18.9. The zero-order chi connectivity index (χ0) is 19.5. The Morgan fingerprint density at radius 2 is 1.43 bits per heavy atom. The van der Waals surface area contributed by atoms with Gasteiger partial charge in [0.2, 0.25) is 0 Å². The molecule has 2 aliphatic rings. The van der Waals surface area contributed by atoms with E-state index in [9.17, 15) is 0 Å². The molecule has 0 radical (unpaired) electrons. The summed E-state index contributed by atoms with van der Waals surface area (Å²) in [4.78, 5) is 0. The topological polar surface area (TPSA) is 0 Å². The Kier molecular flexibility index (Phi) is 6.14. The molecule has 0 saturated carbocycles. The van der Waals surface area contributed by atoms with Gasteiger partial charge >= 0.3 is 0 Å². The van der Waals surface area contributed by atoms with Gasteiger partial charge < -0.3 is 0 Å². The average Bonchev–Trinajstić information content (AvgIpc) is 2.80. The Morgan fingerprint density at radius 3 is 2.00 bits per heavy atom. The predicted molar refractivity (Wildman–Crippen MR) is 134 cm³/mol. The summed E-state index contributed by atoms with van der Waals surface area (Å²) in [5.74, 6) is 0. The Balaban J connectivity index is 2.03. The summed E-state index contributed by atoms with van der Waals surface area (Å²) in [7, 11) is 0. The van der Waals surface area contributed by atoms with Crippen molar-refractivity contribution in [1.82, 2.24) is 0 Å². The van der Waals surface area contributed by atoms with Crippen molar-refractivity contribution in [3.8, 4) is 0 Å². The molecule has 28 heavy (non-hydrogen) atoms. The standard InChI is InChI=1S/C24H24P2S2/c27-25(21-13-5-1-6-14-21,22-15-7-2-8-16-22)26(28,23-17-9-3-10-18-23)24-19-11-4-12-20-24/h1-3,5-11,13-15,17-20,22H,4,12,16H2.